The van der Waals surface area contributed by atoms with Gasteiger partial charge in [0.1, 0.15) is 17.7 Å². The summed E-state index contributed by atoms with van der Waals surface area (Å²) in [5.41, 5.74) is 2.14. The smallest absolute Gasteiger partial charge is 0.408 e. The Morgan fingerprint density at radius 1 is 0.919 bits per heavy atom. The first-order valence-electron chi connectivity index (χ1n) is 13.2. The summed E-state index contributed by atoms with van der Waals surface area (Å²) in [4.78, 5) is 41.8. The van der Waals surface area contributed by atoms with Gasteiger partial charge in [0.05, 0.1) is 0 Å². The highest BCUT2D eigenvalue weighted by Gasteiger charge is 2.37. The summed E-state index contributed by atoms with van der Waals surface area (Å²) in [6, 6.07) is 15.8. The lowest BCUT2D eigenvalue weighted by Gasteiger charge is -2.35. The van der Waals surface area contributed by atoms with Gasteiger partial charge in [-0.15, -0.1) is 0 Å². The number of benzene rings is 2. The summed E-state index contributed by atoms with van der Waals surface area (Å²) in [5, 5.41) is 5.76. The Balaban J connectivity index is 2.41. The van der Waals surface area contributed by atoms with E-state index in [9.17, 15) is 14.4 Å². The van der Waals surface area contributed by atoms with E-state index in [0.717, 1.165) is 23.1 Å². The average Bonchev–Trinajstić information content (AvgIpc) is 2.85. The van der Waals surface area contributed by atoms with Crippen molar-refractivity contribution in [3.63, 3.8) is 0 Å². The predicted octanol–water partition coefficient (Wildman–Crippen LogP) is 5.39. The molecular weight excluding hydrogens is 466 g/mol. The predicted molar refractivity (Wildman–Crippen MR) is 147 cm³/mol. The Hall–Kier alpha value is -3.35. The molecule has 0 aliphatic rings. The summed E-state index contributed by atoms with van der Waals surface area (Å²) >= 11 is 0. The lowest BCUT2D eigenvalue weighted by Crippen LogP contribution is -2.55. The van der Waals surface area contributed by atoms with E-state index in [1.807, 2.05) is 75.4 Å². The molecule has 7 heteroatoms. The fourth-order valence-electron chi connectivity index (χ4n) is 4.02. The molecule has 0 aliphatic heterocycles. The zero-order valence-electron chi connectivity index (χ0n) is 23.3. The van der Waals surface area contributed by atoms with Gasteiger partial charge in [0.25, 0.3) is 0 Å². The van der Waals surface area contributed by atoms with Gasteiger partial charge in [-0.3, -0.25) is 9.59 Å². The third-order valence-electron chi connectivity index (χ3n) is 5.93. The maximum atomic E-state index is 14.0. The van der Waals surface area contributed by atoms with Crippen LogP contribution in [-0.2, 0) is 27.3 Å². The first-order valence-corrected chi connectivity index (χ1v) is 13.2. The Kier molecular flexibility index (Phi) is 11.2. The van der Waals surface area contributed by atoms with Crippen molar-refractivity contribution in [1.29, 1.82) is 0 Å². The molecule has 2 N–H and O–H groups in total. The van der Waals surface area contributed by atoms with Crippen molar-refractivity contribution in [2.45, 2.75) is 85.5 Å². The van der Waals surface area contributed by atoms with E-state index < -0.39 is 23.8 Å². The molecule has 3 amide bonds. The van der Waals surface area contributed by atoms with E-state index in [1.165, 1.54) is 0 Å². The number of nitrogens with zero attached hydrogens (tertiary/aromatic N) is 1. The van der Waals surface area contributed by atoms with E-state index in [2.05, 4.69) is 17.6 Å². The number of aryl methyl sites for hydroxylation is 1. The van der Waals surface area contributed by atoms with Gasteiger partial charge in [-0.1, -0.05) is 82.3 Å². The number of carbonyl (C=O) groups is 3. The summed E-state index contributed by atoms with van der Waals surface area (Å²) in [5.74, 6) is -0.799. The largest absolute Gasteiger partial charge is 0.444 e. The van der Waals surface area contributed by atoms with Crippen LogP contribution < -0.4 is 10.6 Å². The van der Waals surface area contributed by atoms with Crippen molar-refractivity contribution in [1.82, 2.24) is 15.5 Å². The van der Waals surface area contributed by atoms with Crippen LogP contribution in [0.5, 0.6) is 0 Å². The Morgan fingerprint density at radius 2 is 1.54 bits per heavy atom. The highest BCUT2D eigenvalue weighted by atomic mass is 16.6. The molecule has 2 rings (SSSR count). The van der Waals surface area contributed by atoms with Crippen LogP contribution in [0.1, 0.15) is 77.6 Å². The van der Waals surface area contributed by atoms with Crippen LogP contribution in [0.15, 0.2) is 54.6 Å². The van der Waals surface area contributed by atoms with Gasteiger partial charge in [0, 0.05) is 13.1 Å². The third kappa shape index (κ3) is 9.23. The molecule has 0 spiro atoms. The minimum absolute atomic E-state index is 0.213. The molecule has 0 saturated heterocycles. The molecule has 2 aromatic carbocycles. The van der Waals surface area contributed by atoms with E-state index in [-0.39, 0.29) is 17.7 Å². The third-order valence-corrected chi connectivity index (χ3v) is 5.93. The van der Waals surface area contributed by atoms with Crippen LogP contribution in [0, 0.1) is 5.92 Å². The first kappa shape index (κ1) is 29.9. The second-order valence-corrected chi connectivity index (χ2v) is 10.6. The SMILES string of the molecule is CCCN(C(=O)C(NC(=O)OC(C)(C)C)C(C)C)C(C(=O)NCc1ccccc1)c1ccc(CC)cc1. The zero-order valence-corrected chi connectivity index (χ0v) is 23.3. The quantitative estimate of drug-likeness (QED) is 0.425. The van der Waals surface area contributed by atoms with Crippen molar-refractivity contribution >= 4 is 17.9 Å². The van der Waals surface area contributed by atoms with Crippen LogP contribution in [0.3, 0.4) is 0 Å². The van der Waals surface area contributed by atoms with E-state index in [4.69, 9.17) is 4.74 Å². The molecule has 202 valence electrons. The number of amides is 3. The second kappa shape index (κ2) is 13.8. The molecule has 2 atom stereocenters. The van der Waals surface area contributed by atoms with E-state index in [0.29, 0.717) is 19.5 Å². The van der Waals surface area contributed by atoms with Crippen molar-refractivity contribution in [3.05, 3.63) is 71.3 Å². The maximum Gasteiger partial charge on any atom is 0.408 e. The van der Waals surface area contributed by atoms with Crippen LogP contribution in [0.25, 0.3) is 0 Å². The van der Waals surface area contributed by atoms with Crippen molar-refractivity contribution < 1.29 is 19.1 Å². The average molecular weight is 510 g/mol. The van der Waals surface area contributed by atoms with Gasteiger partial charge in [0.2, 0.25) is 11.8 Å². The Bertz CT molecular complexity index is 1010. The number of alkyl carbamates (subject to hydrolysis) is 1. The van der Waals surface area contributed by atoms with Gasteiger partial charge in [0.15, 0.2) is 0 Å². The molecule has 0 heterocycles. The zero-order chi connectivity index (χ0) is 27.6. The fourth-order valence-corrected chi connectivity index (χ4v) is 4.02. The van der Waals surface area contributed by atoms with Gasteiger partial charge in [-0.05, 0) is 56.2 Å². The number of carbonyl (C=O) groups excluding carboxylic acids is 3. The molecule has 0 aromatic heterocycles. The fraction of sp³-hybridized carbons (Fsp3) is 0.500. The molecule has 0 bridgehead atoms. The maximum absolute atomic E-state index is 14.0. The standard InChI is InChI=1S/C30H43N3O4/c1-8-19-33(28(35)25(21(3)4)32-29(36)37-30(5,6)7)26(24-17-15-22(9-2)16-18-24)27(34)31-20-23-13-11-10-12-14-23/h10-18,21,25-26H,8-9,19-20H2,1-7H3,(H,31,34)(H,32,36). The van der Waals surface area contributed by atoms with E-state index in [1.54, 1.807) is 25.7 Å². The number of rotatable bonds is 11. The van der Waals surface area contributed by atoms with Crippen molar-refractivity contribution in [2.75, 3.05) is 6.54 Å². The summed E-state index contributed by atoms with van der Waals surface area (Å²) < 4.78 is 5.41. The highest BCUT2D eigenvalue weighted by Crippen LogP contribution is 2.25. The van der Waals surface area contributed by atoms with Crippen LogP contribution in [-0.4, -0.2) is 41.0 Å². The summed E-state index contributed by atoms with van der Waals surface area (Å²) in [7, 11) is 0. The number of nitrogens with one attached hydrogen (secondary N) is 2. The van der Waals surface area contributed by atoms with Crippen LogP contribution in [0.4, 0.5) is 4.79 Å². The lowest BCUT2D eigenvalue weighted by atomic mass is 9.97. The minimum Gasteiger partial charge on any atom is -0.444 e. The molecule has 0 fully saturated rings. The molecule has 7 nitrogen and oxygen atoms in total. The summed E-state index contributed by atoms with van der Waals surface area (Å²) in [6.45, 7) is 13.8. The van der Waals surface area contributed by atoms with Gasteiger partial charge < -0.3 is 20.3 Å². The highest BCUT2D eigenvalue weighted by molar-refractivity contribution is 5.92. The molecule has 0 radical (unpaired) electrons. The summed E-state index contributed by atoms with van der Waals surface area (Å²) in [6.07, 6.45) is 0.865. The lowest BCUT2D eigenvalue weighted by molar-refractivity contribution is -0.143. The first-order chi connectivity index (χ1) is 17.5. The van der Waals surface area contributed by atoms with Crippen molar-refractivity contribution in [2.24, 2.45) is 5.92 Å². The van der Waals surface area contributed by atoms with Crippen LogP contribution >= 0.6 is 0 Å². The van der Waals surface area contributed by atoms with Gasteiger partial charge >= 0.3 is 6.09 Å². The molecule has 2 aromatic rings. The monoisotopic (exact) mass is 509 g/mol. The number of hydrogen-bond donors (Lipinski definition) is 2. The Morgan fingerprint density at radius 3 is 2.05 bits per heavy atom. The van der Waals surface area contributed by atoms with Crippen molar-refractivity contribution in [3.8, 4) is 0 Å². The van der Waals surface area contributed by atoms with Gasteiger partial charge in [-0.2, -0.15) is 0 Å². The molecule has 0 aliphatic carbocycles. The van der Waals surface area contributed by atoms with Gasteiger partial charge in [-0.25, -0.2) is 4.79 Å². The normalized spacial score (nSPS) is 13.0. The second-order valence-electron chi connectivity index (χ2n) is 10.6. The Labute approximate surface area is 222 Å². The molecule has 0 saturated carbocycles. The molecular formula is C30H43N3O4. The minimum atomic E-state index is -0.847. The number of ether oxygens (including phenoxy) is 1. The van der Waals surface area contributed by atoms with E-state index >= 15 is 0 Å². The molecule has 37 heavy (non-hydrogen) atoms. The number of hydrogen-bond acceptors (Lipinski definition) is 4. The van der Waals surface area contributed by atoms with Crippen LogP contribution in [0.2, 0.25) is 0 Å². The molecule has 2 unspecified atom stereocenters. The topological polar surface area (TPSA) is 87.7 Å².